The molecule has 3 aromatic heterocycles. The van der Waals surface area contributed by atoms with Crippen molar-refractivity contribution in [1.29, 1.82) is 0 Å². The van der Waals surface area contributed by atoms with Gasteiger partial charge in [-0.15, -0.1) is 11.3 Å². The predicted molar refractivity (Wildman–Crippen MR) is 122 cm³/mol. The first kappa shape index (κ1) is 18.7. The lowest BCUT2D eigenvalue weighted by molar-refractivity contribution is 1.06. The van der Waals surface area contributed by atoms with Gasteiger partial charge in [0.1, 0.15) is 0 Å². The Bertz CT molecular complexity index is 1180. The minimum absolute atomic E-state index is 0.662. The molecule has 0 saturated carbocycles. The SMILES string of the molecule is c1ccc(-c2nc(SCc3csc(-c4ncccn4)n3)[nH]c2-c2ccccc2)cc1. The molecule has 0 atom stereocenters. The molecule has 0 aliphatic carbocycles. The van der Waals surface area contributed by atoms with Gasteiger partial charge in [0.2, 0.25) is 0 Å². The minimum Gasteiger partial charge on any atom is -0.332 e. The maximum Gasteiger partial charge on any atom is 0.188 e. The molecule has 146 valence electrons. The van der Waals surface area contributed by atoms with Crippen LogP contribution < -0.4 is 0 Å². The van der Waals surface area contributed by atoms with E-state index in [9.17, 15) is 0 Å². The fourth-order valence-corrected chi connectivity index (χ4v) is 4.70. The molecule has 0 radical (unpaired) electrons. The number of rotatable bonds is 6. The summed E-state index contributed by atoms with van der Waals surface area (Å²) in [6.07, 6.45) is 3.47. The van der Waals surface area contributed by atoms with E-state index < -0.39 is 0 Å². The van der Waals surface area contributed by atoms with Crippen LogP contribution in [0.25, 0.3) is 33.3 Å². The molecule has 0 saturated heterocycles. The van der Waals surface area contributed by atoms with E-state index >= 15 is 0 Å². The van der Waals surface area contributed by atoms with Crippen molar-refractivity contribution in [3.05, 3.63) is 90.2 Å². The summed E-state index contributed by atoms with van der Waals surface area (Å²) in [4.78, 5) is 21.6. The molecule has 5 nitrogen and oxygen atoms in total. The van der Waals surface area contributed by atoms with Crippen LogP contribution in [-0.4, -0.2) is 24.9 Å². The Balaban J connectivity index is 1.40. The van der Waals surface area contributed by atoms with Crippen LogP contribution in [0, 0.1) is 0 Å². The third-order valence-corrected chi connectivity index (χ3v) is 6.25. The summed E-state index contributed by atoms with van der Waals surface area (Å²) < 4.78 is 0. The van der Waals surface area contributed by atoms with E-state index in [4.69, 9.17) is 4.98 Å². The number of nitrogens with zero attached hydrogens (tertiary/aromatic N) is 4. The average Bonchev–Trinajstić information content (AvgIpc) is 3.47. The van der Waals surface area contributed by atoms with Crippen molar-refractivity contribution in [2.75, 3.05) is 0 Å². The zero-order valence-electron chi connectivity index (χ0n) is 15.9. The quantitative estimate of drug-likeness (QED) is 0.339. The zero-order valence-corrected chi connectivity index (χ0v) is 17.5. The van der Waals surface area contributed by atoms with E-state index in [-0.39, 0.29) is 0 Å². The molecule has 1 N–H and O–H groups in total. The molecule has 2 aromatic carbocycles. The van der Waals surface area contributed by atoms with Crippen molar-refractivity contribution < 1.29 is 0 Å². The second kappa shape index (κ2) is 8.61. The first-order valence-corrected chi connectivity index (χ1v) is 11.3. The van der Waals surface area contributed by atoms with Crippen molar-refractivity contribution in [1.82, 2.24) is 24.9 Å². The summed E-state index contributed by atoms with van der Waals surface area (Å²) in [6, 6.07) is 22.4. The first-order valence-electron chi connectivity index (χ1n) is 9.42. The number of hydrogen-bond acceptors (Lipinski definition) is 6. The van der Waals surface area contributed by atoms with Crippen LogP contribution in [0.1, 0.15) is 5.69 Å². The van der Waals surface area contributed by atoms with Crippen molar-refractivity contribution in [3.63, 3.8) is 0 Å². The number of hydrogen-bond donors (Lipinski definition) is 1. The third kappa shape index (κ3) is 4.03. The smallest absolute Gasteiger partial charge is 0.188 e. The Kier molecular flexibility index (Phi) is 5.37. The molecule has 0 unspecified atom stereocenters. The Hall–Kier alpha value is -3.29. The molecule has 0 bridgehead atoms. The number of H-pyrrole nitrogens is 1. The van der Waals surface area contributed by atoms with Gasteiger partial charge in [-0.05, 0) is 6.07 Å². The summed E-state index contributed by atoms with van der Waals surface area (Å²) in [5, 5.41) is 3.76. The predicted octanol–water partition coefficient (Wildman–Crippen LogP) is 5.95. The molecular weight excluding hydrogens is 410 g/mol. The molecule has 0 spiro atoms. The Labute approximate surface area is 182 Å². The second-order valence-corrected chi connectivity index (χ2v) is 8.32. The lowest BCUT2D eigenvalue weighted by atomic mass is 10.1. The van der Waals surface area contributed by atoms with Crippen molar-refractivity contribution >= 4 is 23.1 Å². The van der Waals surface area contributed by atoms with Gasteiger partial charge in [-0.1, -0.05) is 72.4 Å². The van der Waals surface area contributed by atoms with Crippen LogP contribution in [0.4, 0.5) is 0 Å². The number of nitrogens with one attached hydrogen (secondary N) is 1. The van der Waals surface area contributed by atoms with Crippen LogP contribution in [0.3, 0.4) is 0 Å². The van der Waals surface area contributed by atoms with E-state index in [1.165, 1.54) is 0 Å². The monoisotopic (exact) mass is 427 g/mol. The highest BCUT2D eigenvalue weighted by Crippen LogP contribution is 2.33. The number of aromatic nitrogens is 5. The van der Waals surface area contributed by atoms with Gasteiger partial charge in [0.15, 0.2) is 16.0 Å². The van der Waals surface area contributed by atoms with Gasteiger partial charge in [-0.2, -0.15) is 0 Å². The van der Waals surface area contributed by atoms with Gasteiger partial charge in [0, 0.05) is 34.7 Å². The lowest BCUT2D eigenvalue weighted by Crippen LogP contribution is -1.87. The maximum atomic E-state index is 4.90. The number of thioether (sulfide) groups is 1. The largest absolute Gasteiger partial charge is 0.332 e. The average molecular weight is 428 g/mol. The van der Waals surface area contributed by atoms with E-state index in [1.54, 1.807) is 41.6 Å². The van der Waals surface area contributed by atoms with Crippen LogP contribution in [-0.2, 0) is 5.75 Å². The molecule has 0 aliphatic heterocycles. The van der Waals surface area contributed by atoms with Gasteiger partial charge in [0.25, 0.3) is 0 Å². The minimum atomic E-state index is 0.662. The van der Waals surface area contributed by atoms with E-state index in [2.05, 4.69) is 49.6 Å². The summed E-state index contributed by atoms with van der Waals surface area (Å²) >= 11 is 3.20. The third-order valence-electron chi connectivity index (χ3n) is 4.46. The highest BCUT2D eigenvalue weighted by Gasteiger charge is 2.15. The molecule has 7 heteroatoms. The topological polar surface area (TPSA) is 67.3 Å². The number of benzene rings is 2. The lowest BCUT2D eigenvalue weighted by Gasteiger charge is -2.02. The van der Waals surface area contributed by atoms with Gasteiger partial charge in [-0.3, -0.25) is 0 Å². The van der Waals surface area contributed by atoms with Crippen LogP contribution >= 0.6 is 23.1 Å². The molecule has 5 rings (SSSR count). The molecular formula is C23H17N5S2. The number of thiazole rings is 1. The molecule has 0 fully saturated rings. The van der Waals surface area contributed by atoms with Crippen molar-refractivity contribution in [2.45, 2.75) is 10.9 Å². The van der Waals surface area contributed by atoms with Gasteiger partial charge < -0.3 is 4.98 Å². The summed E-state index contributed by atoms with van der Waals surface area (Å²) in [5.74, 6) is 1.38. The summed E-state index contributed by atoms with van der Waals surface area (Å²) in [5.41, 5.74) is 5.19. The van der Waals surface area contributed by atoms with Gasteiger partial charge in [0.05, 0.1) is 17.1 Å². The van der Waals surface area contributed by atoms with Gasteiger partial charge in [-0.25, -0.2) is 19.9 Å². The fraction of sp³-hybridized carbons (Fsp3) is 0.0435. The second-order valence-electron chi connectivity index (χ2n) is 6.50. The van der Waals surface area contributed by atoms with Crippen LogP contribution in [0.2, 0.25) is 0 Å². The molecule has 30 heavy (non-hydrogen) atoms. The van der Waals surface area contributed by atoms with Crippen molar-refractivity contribution in [2.24, 2.45) is 0 Å². The zero-order chi connectivity index (χ0) is 20.2. The highest BCUT2D eigenvalue weighted by atomic mass is 32.2. The molecule has 3 heterocycles. The summed E-state index contributed by atoms with van der Waals surface area (Å²) in [6.45, 7) is 0. The highest BCUT2D eigenvalue weighted by molar-refractivity contribution is 7.98. The van der Waals surface area contributed by atoms with Crippen molar-refractivity contribution in [3.8, 4) is 33.3 Å². The maximum absolute atomic E-state index is 4.90. The Morgan fingerprint density at radius 1 is 0.800 bits per heavy atom. The normalized spacial score (nSPS) is 10.9. The molecule has 0 aliphatic rings. The number of aromatic amines is 1. The number of imidazole rings is 1. The Morgan fingerprint density at radius 3 is 2.23 bits per heavy atom. The Morgan fingerprint density at radius 2 is 1.50 bits per heavy atom. The fourth-order valence-electron chi connectivity index (χ4n) is 3.07. The van der Waals surface area contributed by atoms with Crippen LogP contribution in [0.15, 0.2) is 89.7 Å². The standard InChI is InChI=1S/C23H17N5S2/c1-3-8-16(9-4-1)19-20(17-10-5-2-6-11-17)28-23(27-19)30-15-18-14-29-22(26-18)21-24-12-7-13-25-21/h1-14H,15H2,(H,27,28). The van der Waals surface area contributed by atoms with Crippen LogP contribution in [0.5, 0.6) is 0 Å². The van der Waals surface area contributed by atoms with E-state index in [0.29, 0.717) is 5.82 Å². The van der Waals surface area contributed by atoms with E-state index in [0.717, 1.165) is 44.1 Å². The first-order chi connectivity index (χ1) is 14.9. The van der Waals surface area contributed by atoms with E-state index in [1.807, 2.05) is 36.4 Å². The molecule has 0 amide bonds. The molecule has 5 aromatic rings. The summed E-state index contributed by atoms with van der Waals surface area (Å²) in [7, 11) is 0. The van der Waals surface area contributed by atoms with Gasteiger partial charge >= 0.3 is 0 Å².